The molecule has 0 aromatic carbocycles. The summed E-state index contributed by atoms with van der Waals surface area (Å²) in [6.07, 6.45) is 0. The Bertz CT molecular complexity index is 505. The fourth-order valence-electron chi connectivity index (χ4n) is 1.49. The number of aryl methyl sites for hydroxylation is 1. The Morgan fingerprint density at radius 2 is 2.05 bits per heavy atom. The summed E-state index contributed by atoms with van der Waals surface area (Å²) >= 11 is 0. The number of nitrogens with zero attached hydrogens (tertiary/aromatic N) is 3. The van der Waals surface area contributed by atoms with Crippen LogP contribution in [0.4, 0.5) is 11.6 Å². The van der Waals surface area contributed by atoms with Gasteiger partial charge in [0.25, 0.3) is 0 Å². The Morgan fingerprint density at radius 1 is 1.47 bits per heavy atom. The normalized spacial score (nSPS) is 13.3. The van der Waals surface area contributed by atoms with E-state index in [2.05, 4.69) is 10.3 Å². The summed E-state index contributed by atoms with van der Waals surface area (Å²) in [5.74, 6) is 1.16. The highest BCUT2D eigenvalue weighted by Crippen LogP contribution is 2.23. The van der Waals surface area contributed by atoms with E-state index >= 15 is 0 Å². The Balaban J connectivity index is 2.74. The molecule has 1 N–H and O–H groups in total. The third-order valence-corrected chi connectivity index (χ3v) is 4.68. The van der Waals surface area contributed by atoms with E-state index in [9.17, 15) is 14.3 Å². The van der Waals surface area contributed by atoms with Gasteiger partial charge in [-0.25, -0.2) is 0 Å². The molecule has 1 heterocycles. The summed E-state index contributed by atoms with van der Waals surface area (Å²) in [6.45, 7) is 7.81. The number of nitro groups is 1. The maximum atomic E-state index is 11.9. The third-order valence-electron chi connectivity index (χ3n) is 2.74. The Morgan fingerprint density at radius 3 is 2.53 bits per heavy atom. The van der Waals surface area contributed by atoms with Gasteiger partial charge in [0.1, 0.15) is 0 Å². The summed E-state index contributed by atoms with van der Waals surface area (Å²) in [6, 6.07) is 0. The zero-order valence-electron chi connectivity index (χ0n) is 11.9. The topological polar surface area (TPSA) is 90.1 Å². The molecule has 7 nitrogen and oxygen atoms in total. The predicted octanol–water partition coefficient (Wildman–Crippen LogP) is 1.60. The van der Waals surface area contributed by atoms with Gasteiger partial charge in [-0.05, 0) is 30.7 Å². The fraction of sp³-hybridized carbons (Fsp3) is 0.727. The summed E-state index contributed by atoms with van der Waals surface area (Å²) in [5.41, 5.74) is 0. The minimum Gasteiger partial charge on any atom is -0.363 e. The maximum Gasteiger partial charge on any atom is 0.406 e. The minimum absolute atomic E-state index is 0.193. The molecule has 0 radical (unpaired) electrons. The van der Waals surface area contributed by atoms with E-state index < -0.39 is 15.7 Å². The number of hydrogen-bond acceptors (Lipinski definition) is 5. The average molecular weight is 288 g/mol. The van der Waals surface area contributed by atoms with Crippen molar-refractivity contribution in [3.63, 3.8) is 0 Å². The van der Waals surface area contributed by atoms with E-state index in [1.165, 1.54) is 0 Å². The first-order valence-corrected chi connectivity index (χ1v) is 7.26. The molecular weight excluding hydrogens is 268 g/mol. The van der Waals surface area contributed by atoms with Crippen LogP contribution in [-0.2, 0) is 17.8 Å². The first-order valence-electron chi connectivity index (χ1n) is 5.94. The second kappa shape index (κ2) is 5.68. The molecule has 0 spiro atoms. The number of hydrogen-bond donors (Lipinski definition) is 1. The monoisotopic (exact) mass is 288 g/mol. The second-order valence-corrected chi connectivity index (χ2v) is 7.56. The maximum absolute atomic E-state index is 11.9. The second-order valence-electron chi connectivity index (χ2n) is 5.24. The molecule has 1 rings (SSSR count). The van der Waals surface area contributed by atoms with Crippen LogP contribution in [0, 0.1) is 17.0 Å². The molecule has 0 aliphatic rings. The van der Waals surface area contributed by atoms with Gasteiger partial charge >= 0.3 is 5.82 Å². The van der Waals surface area contributed by atoms with Gasteiger partial charge in [0.15, 0.2) is 0 Å². The van der Waals surface area contributed by atoms with Crippen LogP contribution in [0.25, 0.3) is 0 Å². The van der Waals surface area contributed by atoms with Crippen molar-refractivity contribution in [3.05, 3.63) is 15.9 Å². The first-order chi connectivity index (χ1) is 8.64. The van der Waals surface area contributed by atoms with E-state index in [-0.39, 0.29) is 10.6 Å². The molecule has 0 bridgehead atoms. The standard InChI is InChI=1S/C11H20N4O3S/c1-8-13-10(15(16)17)9(14(8)5)12-6-7-19(18)11(2,3)4/h12H,6-7H2,1-5H3. The zero-order valence-corrected chi connectivity index (χ0v) is 12.7. The van der Waals surface area contributed by atoms with Gasteiger partial charge in [-0.2, -0.15) is 0 Å². The van der Waals surface area contributed by atoms with Crippen molar-refractivity contribution in [3.8, 4) is 0 Å². The zero-order chi connectivity index (χ0) is 14.8. The van der Waals surface area contributed by atoms with Crippen molar-refractivity contribution in [2.75, 3.05) is 17.6 Å². The smallest absolute Gasteiger partial charge is 0.363 e. The fourth-order valence-corrected chi connectivity index (χ4v) is 2.39. The molecule has 8 heteroatoms. The van der Waals surface area contributed by atoms with E-state index in [0.717, 1.165) is 0 Å². The summed E-state index contributed by atoms with van der Waals surface area (Å²) in [7, 11) is 0.717. The highest BCUT2D eigenvalue weighted by atomic mass is 32.2. The molecule has 0 saturated carbocycles. The lowest BCUT2D eigenvalue weighted by molar-refractivity contribution is -0.388. The molecule has 19 heavy (non-hydrogen) atoms. The van der Waals surface area contributed by atoms with Crippen LogP contribution in [0.3, 0.4) is 0 Å². The third kappa shape index (κ3) is 3.76. The van der Waals surface area contributed by atoms with Gasteiger partial charge in [0.05, 0.1) is 0 Å². The van der Waals surface area contributed by atoms with Crippen molar-refractivity contribution in [1.29, 1.82) is 0 Å². The summed E-state index contributed by atoms with van der Waals surface area (Å²) in [4.78, 5) is 14.2. The van der Waals surface area contributed by atoms with E-state index in [0.29, 0.717) is 23.9 Å². The molecule has 1 unspecified atom stereocenters. The van der Waals surface area contributed by atoms with Crippen molar-refractivity contribution < 1.29 is 9.13 Å². The minimum atomic E-state index is -0.990. The van der Waals surface area contributed by atoms with Gasteiger partial charge in [-0.3, -0.25) is 8.78 Å². The summed E-state index contributed by atoms with van der Waals surface area (Å²) in [5, 5.41) is 13.8. The SMILES string of the molecule is Cc1nc([N+](=O)[O-])c(NCCS(=O)C(C)(C)C)n1C. The Labute approximate surface area is 115 Å². The largest absolute Gasteiger partial charge is 0.406 e. The number of aromatic nitrogens is 2. The Kier molecular flexibility index (Phi) is 4.67. The van der Waals surface area contributed by atoms with Crippen molar-refractivity contribution in [1.82, 2.24) is 9.55 Å². The molecule has 0 aliphatic heterocycles. The highest BCUT2D eigenvalue weighted by molar-refractivity contribution is 7.86. The first kappa shape index (κ1) is 15.6. The van der Waals surface area contributed by atoms with Crippen LogP contribution in [0.15, 0.2) is 0 Å². The van der Waals surface area contributed by atoms with Crippen LogP contribution in [0.2, 0.25) is 0 Å². The summed E-state index contributed by atoms with van der Waals surface area (Å²) < 4.78 is 13.2. The van der Waals surface area contributed by atoms with Crippen LogP contribution in [-0.4, -0.2) is 35.7 Å². The number of nitrogens with one attached hydrogen (secondary N) is 1. The quantitative estimate of drug-likeness (QED) is 0.656. The number of anilines is 1. The van der Waals surface area contributed by atoms with E-state index in [1.807, 2.05) is 20.8 Å². The highest BCUT2D eigenvalue weighted by Gasteiger charge is 2.24. The molecule has 108 valence electrons. The van der Waals surface area contributed by atoms with Gasteiger partial charge in [0, 0.05) is 41.8 Å². The molecule has 0 aliphatic carbocycles. The molecular formula is C11H20N4O3S. The van der Waals surface area contributed by atoms with Crippen molar-refractivity contribution in [2.24, 2.45) is 7.05 Å². The molecule has 0 amide bonds. The van der Waals surface area contributed by atoms with Crippen molar-refractivity contribution in [2.45, 2.75) is 32.4 Å². The average Bonchev–Trinajstić information content (AvgIpc) is 2.55. The lowest BCUT2D eigenvalue weighted by atomic mass is 10.3. The van der Waals surface area contributed by atoms with Crippen LogP contribution in [0.5, 0.6) is 0 Å². The number of imidazole rings is 1. The Hall–Kier alpha value is -1.44. The molecule has 0 saturated heterocycles. The lowest BCUT2D eigenvalue weighted by Crippen LogP contribution is -2.27. The van der Waals surface area contributed by atoms with Gasteiger partial charge < -0.3 is 15.4 Å². The lowest BCUT2D eigenvalue weighted by Gasteiger charge is -2.17. The van der Waals surface area contributed by atoms with Crippen molar-refractivity contribution >= 4 is 22.4 Å². The van der Waals surface area contributed by atoms with Gasteiger partial charge in [0.2, 0.25) is 11.6 Å². The van der Waals surface area contributed by atoms with Crippen LogP contribution < -0.4 is 5.32 Å². The molecule has 1 aromatic heterocycles. The van der Waals surface area contributed by atoms with Gasteiger partial charge in [-0.1, -0.05) is 0 Å². The number of rotatable bonds is 5. The molecule has 0 fully saturated rings. The van der Waals surface area contributed by atoms with E-state index in [4.69, 9.17) is 0 Å². The predicted molar refractivity (Wildman–Crippen MR) is 75.9 cm³/mol. The van der Waals surface area contributed by atoms with Crippen LogP contribution in [0.1, 0.15) is 26.6 Å². The van der Waals surface area contributed by atoms with E-state index in [1.54, 1.807) is 18.5 Å². The molecule has 1 atom stereocenters. The van der Waals surface area contributed by atoms with Crippen LogP contribution >= 0.6 is 0 Å². The van der Waals surface area contributed by atoms with Gasteiger partial charge in [-0.15, -0.1) is 0 Å². The molecule has 1 aromatic rings.